The average Bonchev–Trinajstić information content (AvgIpc) is 1.77. The van der Waals surface area contributed by atoms with Crippen molar-refractivity contribution >= 4 is 0 Å². The monoisotopic (exact) mass is 99.1 g/mol. The first-order valence-corrected chi connectivity index (χ1v) is 1.13. The summed E-state index contributed by atoms with van der Waals surface area (Å²) in [6, 6.07) is 0. The third-order valence-corrected chi connectivity index (χ3v) is 0.148. The topological polar surface area (TPSA) is 29.5 Å². The van der Waals surface area contributed by atoms with E-state index >= 15 is 0 Å². The van der Waals surface area contributed by atoms with Crippen LogP contribution in [0.4, 0.5) is 0 Å². The van der Waals surface area contributed by atoms with Crippen molar-refractivity contribution in [1.82, 2.24) is 0 Å². The zero-order chi connectivity index (χ0) is 12.7. The third-order valence-electron chi connectivity index (χ3n) is 0.148. The Morgan fingerprint density at radius 2 is 3.33 bits per heavy atom. The van der Waals surface area contributed by atoms with Crippen molar-refractivity contribution in [2.45, 2.75) is 12.9 Å². The smallest absolute Gasteiger partial charge is 0.0745 e. The number of ether oxygens (including phenoxy) is 1. The summed E-state index contributed by atoms with van der Waals surface area (Å²) in [7, 11) is -3.25. The summed E-state index contributed by atoms with van der Waals surface area (Å²) in [5.41, 5.74) is 0. The van der Waals surface area contributed by atoms with Crippen molar-refractivity contribution in [1.29, 1.82) is 0 Å². The fraction of sp³-hybridized carbons (Fsp3) is 1.00. The van der Waals surface area contributed by atoms with Crippen LogP contribution in [0, 0.1) is 0 Å². The molecule has 0 saturated carbocycles. The summed E-state index contributed by atoms with van der Waals surface area (Å²) >= 11 is 0. The van der Waals surface area contributed by atoms with Gasteiger partial charge in [-0.25, -0.2) is 0 Å². The molecule has 0 aromatic heterocycles. The van der Waals surface area contributed by atoms with Gasteiger partial charge in [0.25, 0.3) is 0 Å². The minimum absolute atomic E-state index is 3.25. The Bertz CT molecular complexity index is 225. The fourth-order valence-corrected chi connectivity index (χ4v) is 0.0483. The van der Waals surface area contributed by atoms with E-state index in [-0.39, 0.29) is 0 Å². The zero-order valence-electron chi connectivity index (χ0n) is 11.9. The first-order valence-electron chi connectivity index (χ1n) is 5.63. The SMILES string of the molecule is [2H]C([2H])([2H])OC([2H])([2H])C([2H])(O)C([2H])([2H])[2H]. The summed E-state index contributed by atoms with van der Waals surface area (Å²) in [6.45, 7) is -6.97. The normalized spacial score (nSPS) is 48.5. The second-order valence-electron chi connectivity index (χ2n) is 0.553. The van der Waals surface area contributed by atoms with Gasteiger partial charge in [-0.05, 0) is 6.85 Å². The van der Waals surface area contributed by atoms with Gasteiger partial charge in [-0.1, -0.05) is 0 Å². The van der Waals surface area contributed by atoms with Crippen molar-refractivity contribution in [2.75, 3.05) is 13.6 Å². The van der Waals surface area contributed by atoms with Crippen LogP contribution in [0.5, 0.6) is 0 Å². The maximum absolute atomic E-state index is 9.10. The average molecular weight is 99.2 g/mol. The molecular formula is C4H10O2. The standard InChI is InChI=1S/C4H10O2/c1-4(5)3-6-2/h4-5H,3H2,1-2H3/i1D3,2D3,3D2,4D. The van der Waals surface area contributed by atoms with Crippen LogP contribution in [0.25, 0.3) is 0 Å². The predicted molar refractivity (Wildman–Crippen MR) is 23.6 cm³/mol. The van der Waals surface area contributed by atoms with E-state index in [0.717, 1.165) is 0 Å². The summed E-state index contributed by atoms with van der Waals surface area (Å²) in [5.74, 6) is 0. The van der Waals surface area contributed by atoms with Crippen molar-refractivity contribution < 1.29 is 22.2 Å². The van der Waals surface area contributed by atoms with Crippen LogP contribution in [0.15, 0.2) is 0 Å². The van der Waals surface area contributed by atoms with Crippen molar-refractivity contribution in [3.05, 3.63) is 0 Å². The van der Waals surface area contributed by atoms with E-state index in [2.05, 4.69) is 4.74 Å². The summed E-state index contributed by atoms with van der Waals surface area (Å²) in [6.07, 6.45) is -3.66. The molecule has 0 spiro atoms. The molecule has 1 atom stereocenters. The molecule has 0 aliphatic heterocycles. The van der Waals surface area contributed by atoms with Gasteiger partial charge < -0.3 is 9.84 Å². The highest BCUT2D eigenvalue weighted by Gasteiger charge is 1.87. The van der Waals surface area contributed by atoms with Gasteiger partial charge in [-0.15, -0.1) is 0 Å². The Balaban J connectivity index is 5.03. The molecule has 0 bridgehead atoms. The van der Waals surface area contributed by atoms with Crippen LogP contribution >= 0.6 is 0 Å². The molecule has 6 heavy (non-hydrogen) atoms. The minimum atomic E-state index is -3.66. The van der Waals surface area contributed by atoms with Gasteiger partial charge in [0.05, 0.1) is 20.9 Å². The van der Waals surface area contributed by atoms with Crippen molar-refractivity contribution in [3.8, 4) is 0 Å². The highest BCUT2D eigenvalue weighted by atomic mass is 16.5. The Morgan fingerprint density at radius 3 is 3.83 bits per heavy atom. The van der Waals surface area contributed by atoms with E-state index in [1.807, 2.05) is 0 Å². The van der Waals surface area contributed by atoms with Crippen LogP contribution in [-0.4, -0.2) is 24.8 Å². The highest BCUT2D eigenvalue weighted by Crippen LogP contribution is 1.75. The molecule has 0 saturated heterocycles. The van der Waals surface area contributed by atoms with E-state index in [1.165, 1.54) is 0 Å². The molecule has 0 radical (unpaired) electrons. The third kappa shape index (κ3) is 3.92. The summed E-state index contributed by atoms with van der Waals surface area (Å²) < 4.78 is 64.3. The molecule has 0 aliphatic carbocycles. The van der Waals surface area contributed by atoms with Crippen LogP contribution in [-0.2, 0) is 4.74 Å². The molecule has 2 nitrogen and oxygen atoms in total. The van der Waals surface area contributed by atoms with E-state index in [1.54, 1.807) is 0 Å². The molecule has 1 N–H and O–H groups in total. The Kier molecular flexibility index (Phi) is 0.385. The van der Waals surface area contributed by atoms with Gasteiger partial charge in [0.15, 0.2) is 0 Å². The van der Waals surface area contributed by atoms with E-state index in [0.29, 0.717) is 0 Å². The lowest BCUT2D eigenvalue weighted by atomic mass is 10.5. The number of hydrogen-bond donors (Lipinski definition) is 1. The molecule has 0 fully saturated rings. The molecule has 0 rings (SSSR count). The van der Waals surface area contributed by atoms with E-state index in [4.69, 9.17) is 17.4 Å². The van der Waals surface area contributed by atoms with Crippen LogP contribution < -0.4 is 0 Å². The van der Waals surface area contributed by atoms with Crippen molar-refractivity contribution in [2.24, 2.45) is 0 Å². The van der Waals surface area contributed by atoms with Crippen LogP contribution in [0.2, 0.25) is 0 Å². The predicted octanol–water partition coefficient (Wildman–Crippen LogP) is 0.0136. The number of rotatable bonds is 2. The molecule has 0 heterocycles. The Morgan fingerprint density at radius 1 is 2.50 bits per heavy atom. The minimum Gasteiger partial charge on any atom is -0.391 e. The van der Waals surface area contributed by atoms with E-state index in [9.17, 15) is 0 Å². The van der Waals surface area contributed by atoms with Gasteiger partial charge >= 0.3 is 0 Å². The number of hydrogen-bond acceptors (Lipinski definition) is 2. The fourth-order valence-electron chi connectivity index (χ4n) is 0.0483. The quantitative estimate of drug-likeness (QED) is 0.528. The molecule has 38 valence electrons. The second-order valence-corrected chi connectivity index (χ2v) is 0.553. The first-order chi connectivity index (χ1) is 6.21. The molecule has 0 aromatic rings. The van der Waals surface area contributed by atoms with Gasteiger partial charge in [0, 0.05) is 11.2 Å². The second kappa shape index (κ2) is 3.12. The van der Waals surface area contributed by atoms with Crippen molar-refractivity contribution in [3.63, 3.8) is 0 Å². The first kappa shape index (κ1) is 0.740. The molecule has 0 amide bonds. The highest BCUT2D eigenvalue weighted by molar-refractivity contribution is 4.36. The zero-order valence-corrected chi connectivity index (χ0v) is 2.86. The van der Waals surface area contributed by atoms with Gasteiger partial charge in [0.2, 0.25) is 0 Å². The summed E-state index contributed by atoms with van der Waals surface area (Å²) in [4.78, 5) is 0. The maximum Gasteiger partial charge on any atom is 0.0745 e. The van der Waals surface area contributed by atoms with Crippen LogP contribution in [0.1, 0.15) is 19.2 Å². The molecular weight excluding hydrogens is 80.0 g/mol. The molecule has 2 heteroatoms. The molecule has 0 aliphatic rings. The van der Waals surface area contributed by atoms with Gasteiger partial charge in [0.1, 0.15) is 0 Å². The lowest BCUT2D eigenvalue weighted by Crippen LogP contribution is -2.07. The Labute approximate surface area is 50.4 Å². The van der Waals surface area contributed by atoms with Gasteiger partial charge in [-0.2, -0.15) is 0 Å². The molecule has 1 unspecified atom stereocenters. The number of methoxy groups -OCH3 is 1. The lowest BCUT2D eigenvalue weighted by Gasteiger charge is -1.97. The van der Waals surface area contributed by atoms with Gasteiger partial charge in [-0.3, -0.25) is 0 Å². The molecule has 0 aromatic carbocycles. The number of aliphatic hydroxyl groups is 1. The Hall–Kier alpha value is -0.0800. The van der Waals surface area contributed by atoms with Crippen LogP contribution in [0.3, 0.4) is 0 Å². The maximum atomic E-state index is 9.10. The lowest BCUT2D eigenvalue weighted by molar-refractivity contribution is 0.0765. The summed E-state index contributed by atoms with van der Waals surface area (Å²) in [5, 5.41) is 9.10. The largest absolute Gasteiger partial charge is 0.391 e. The van der Waals surface area contributed by atoms with E-state index < -0.39 is 26.5 Å².